The molecule has 0 aromatic heterocycles. The van der Waals surface area contributed by atoms with Gasteiger partial charge in [0.05, 0.1) is 5.56 Å². The average molecular weight is 261 g/mol. The summed E-state index contributed by atoms with van der Waals surface area (Å²) in [6.07, 6.45) is 1.89. The predicted molar refractivity (Wildman–Crippen MR) is 76.7 cm³/mol. The van der Waals surface area contributed by atoms with E-state index in [0.717, 1.165) is 42.6 Å². The number of hydrogen-bond acceptors (Lipinski definition) is 3. The molecule has 0 saturated carbocycles. The van der Waals surface area contributed by atoms with Crippen LogP contribution in [0.15, 0.2) is 6.07 Å². The zero-order valence-corrected chi connectivity index (χ0v) is 12.3. The van der Waals surface area contributed by atoms with Crippen LogP contribution in [0.25, 0.3) is 0 Å². The molecular formula is C16H23NO2. The molecular weight excluding hydrogens is 238 g/mol. The zero-order chi connectivity index (χ0) is 14.0. The summed E-state index contributed by atoms with van der Waals surface area (Å²) in [5, 5.41) is 3.27. The van der Waals surface area contributed by atoms with E-state index in [0.29, 0.717) is 0 Å². The van der Waals surface area contributed by atoms with Gasteiger partial charge in [-0.1, -0.05) is 0 Å². The molecule has 1 aliphatic heterocycles. The smallest absolute Gasteiger partial charge is 0.338 e. The second kappa shape index (κ2) is 5.74. The molecule has 1 aromatic rings. The lowest BCUT2D eigenvalue weighted by molar-refractivity contribution is 0.0228. The van der Waals surface area contributed by atoms with Crippen molar-refractivity contribution >= 4 is 5.97 Å². The summed E-state index contributed by atoms with van der Waals surface area (Å²) in [5.41, 5.74) is 5.37. The number of aryl methyl sites for hydroxylation is 1. The molecule has 1 saturated heterocycles. The monoisotopic (exact) mass is 261 g/mol. The Bertz CT molecular complexity index is 488. The van der Waals surface area contributed by atoms with Crippen LogP contribution in [0.2, 0.25) is 0 Å². The van der Waals surface area contributed by atoms with Crippen LogP contribution in [0.4, 0.5) is 0 Å². The summed E-state index contributed by atoms with van der Waals surface area (Å²) < 4.78 is 5.63. The van der Waals surface area contributed by atoms with Crippen molar-refractivity contribution in [1.29, 1.82) is 0 Å². The molecule has 0 amide bonds. The maximum absolute atomic E-state index is 12.3. The second-order valence-corrected chi connectivity index (χ2v) is 5.47. The first-order valence-corrected chi connectivity index (χ1v) is 6.99. The predicted octanol–water partition coefficient (Wildman–Crippen LogP) is 2.83. The van der Waals surface area contributed by atoms with Gasteiger partial charge < -0.3 is 10.1 Å². The molecule has 1 aromatic carbocycles. The van der Waals surface area contributed by atoms with Crippen molar-refractivity contribution < 1.29 is 9.53 Å². The highest BCUT2D eigenvalue weighted by atomic mass is 16.5. The lowest BCUT2D eigenvalue weighted by Gasteiger charge is -2.23. The van der Waals surface area contributed by atoms with E-state index in [-0.39, 0.29) is 12.1 Å². The Labute approximate surface area is 115 Å². The van der Waals surface area contributed by atoms with E-state index >= 15 is 0 Å². The highest BCUT2D eigenvalue weighted by molar-refractivity contribution is 5.92. The molecule has 1 N–H and O–H groups in total. The lowest BCUT2D eigenvalue weighted by atomic mass is 9.94. The van der Waals surface area contributed by atoms with Gasteiger partial charge in [0.2, 0.25) is 0 Å². The van der Waals surface area contributed by atoms with Gasteiger partial charge >= 0.3 is 5.97 Å². The van der Waals surface area contributed by atoms with E-state index in [1.165, 1.54) is 11.1 Å². The largest absolute Gasteiger partial charge is 0.459 e. The minimum atomic E-state index is -0.171. The van der Waals surface area contributed by atoms with E-state index in [4.69, 9.17) is 4.74 Å². The van der Waals surface area contributed by atoms with Gasteiger partial charge in [-0.3, -0.25) is 0 Å². The summed E-state index contributed by atoms with van der Waals surface area (Å²) in [6.45, 7) is 10.1. The van der Waals surface area contributed by atoms with Crippen molar-refractivity contribution in [2.45, 2.75) is 46.6 Å². The Morgan fingerprint density at radius 3 is 2.37 bits per heavy atom. The number of carbonyl (C=O) groups excluding carboxylic acids is 1. The van der Waals surface area contributed by atoms with Gasteiger partial charge in [0.1, 0.15) is 6.10 Å². The number of esters is 1. The summed E-state index contributed by atoms with van der Waals surface area (Å²) in [5.74, 6) is -0.171. The number of hydrogen-bond donors (Lipinski definition) is 1. The van der Waals surface area contributed by atoms with Crippen LogP contribution in [0.5, 0.6) is 0 Å². The minimum absolute atomic E-state index is 0.0649. The molecule has 104 valence electrons. The number of nitrogens with one attached hydrogen (secondary N) is 1. The standard InChI is InChI=1S/C16H23NO2/c1-10-9-15(13(4)12(3)11(10)2)16(18)19-14-5-7-17-8-6-14/h9,14,17H,5-8H2,1-4H3. The van der Waals surface area contributed by atoms with Crippen LogP contribution in [-0.4, -0.2) is 25.2 Å². The van der Waals surface area contributed by atoms with Gasteiger partial charge in [-0.05, 0) is 81.9 Å². The Morgan fingerprint density at radius 2 is 1.74 bits per heavy atom. The summed E-state index contributed by atoms with van der Waals surface area (Å²) >= 11 is 0. The average Bonchev–Trinajstić information content (AvgIpc) is 2.41. The first kappa shape index (κ1) is 14.1. The lowest BCUT2D eigenvalue weighted by Crippen LogP contribution is -2.34. The molecule has 2 rings (SSSR count). The maximum atomic E-state index is 12.3. The Kier molecular flexibility index (Phi) is 4.25. The fraction of sp³-hybridized carbons (Fsp3) is 0.562. The first-order chi connectivity index (χ1) is 9.00. The summed E-state index contributed by atoms with van der Waals surface area (Å²) in [6, 6.07) is 1.96. The minimum Gasteiger partial charge on any atom is -0.459 e. The highest BCUT2D eigenvalue weighted by Gasteiger charge is 2.21. The van der Waals surface area contributed by atoms with Gasteiger partial charge in [-0.2, -0.15) is 0 Å². The van der Waals surface area contributed by atoms with Crippen LogP contribution in [0, 0.1) is 27.7 Å². The van der Waals surface area contributed by atoms with E-state index in [1.54, 1.807) is 0 Å². The maximum Gasteiger partial charge on any atom is 0.338 e. The third kappa shape index (κ3) is 2.98. The number of piperidine rings is 1. The van der Waals surface area contributed by atoms with Crippen molar-refractivity contribution in [1.82, 2.24) is 5.32 Å². The molecule has 19 heavy (non-hydrogen) atoms. The van der Waals surface area contributed by atoms with E-state index in [9.17, 15) is 4.79 Å². The molecule has 0 aliphatic carbocycles. The molecule has 3 heteroatoms. The molecule has 0 spiro atoms. The molecule has 3 nitrogen and oxygen atoms in total. The van der Waals surface area contributed by atoms with E-state index < -0.39 is 0 Å². The van der Waals surface area contributed by atoms with Crippen molar-refractivity contribution in [2.24, 2.45) is 0 Å². The first-order valence-electron chi connectivity index (χ1n) is 6.99. The van der Waals surface area contributed by atoms with Gasteiger partial charge in [-0.25, -0.2) is 4.79 Å². The molecule has 1 heterocycles. The Morgan fingerprint density at radius 1 is 1.11 bits per heavy atom. The van der Waals surface area contributed by atoms with Crippen molar-refractivity contribution in [3.8, 4) is 0 Å². The van der Waals surface area contributed by atoms with Crippen molar-refractivity contribution in [3.63, 3.8) is 0 Å². The normalized spacial score (nSPS) is 16.4. The summed E-state index contributed by atoms with van der Waals surface area (Å²) in [4.78, 5) is 12.3. The molecule has 0 bridgehead atoms. The number of benzene rings is 1. The SMILES string of the molecule is Cc1cc(C(=O)OC2CCNCC2)c(C)c(C)c1C. The molecule has 1 fully saturated rings. The van der Waals surface area contributed by atoms with Gasteiger partial charge in [0, 0.05) is 0 Å². The second-order valence-electron chi connectivity index (χ2n) is 5.47. The van der Waals surface area contributed by atoms with Crippen LogP contribution in [-0.2, 0) is 4.74 Å². The third-order valence-electron chi connectivity index (χ3n) is 4.26. The number of rotatable bonds is 2. The van der Waals surface area contributed by atoms with Crippen LogP contribution in [0.3, 0.4) is 0 Å². The molecule has 0 atom stereocenters. The number of ether oxygens (including phenoxy) is 1. The van der Waals surface area contributed by atoms with Gasteiger partial charge in [0.25, 0.3) is 0 Å². The third-order valence-corrected chi connectivity index (χ3v) is 4.26. The van der Waals surface area contributed by atoms with Gasteiger partial charge in [-0.15, -0.1) is 0 Å². The van der Waals surface area contributed by atoms with Crippen LogP contribution < -0.4 is 5.32 Å². The fourth-order valence-electron chi connectivity index (χ4n) is 2.55. The highest BCUT2D eigenvalue weighted by Crippen LogP contribution is 2.23. The van der Waals surface area contributed by atoms with Crippen LogP contribution >= 0.6 is 0 Å². The van der Waals surface area contributed by atoms with Crippen molar-refractivity contribution in [3.05, 3.63) is 33.9 Å². The van der Waals surface area contributed by atoms with Gasteiger partial charge in [0.15, 0.2) is 0 Å². The summed E-state index contributed by atoms with van der Waals surface area (Å²) in [7, 11) is 0. The van der Waals surface area contributed by atoms with Crippen molar-refractivity contribution in [2.75, 3.05) is 13.1 Å². The quantitative estimate of drug-likeness (QED) is 0.832. The fourth-order valence-corrected chi connectivity index (χ4v) is 2.55. The zero-order valence-electron chi connectivity index (χ0n) is 12.3. The van der Waals surface area contributed by atoms with Crippen LogP contribution in [0.1, 0.15) is 45.5 Å². The van der Waals surface area contributed by atoms with E-state index in [1.807, 2.05) is 19.9 Å². The molecule has 0 unspecified atom stereocenters. The topological polar surface area (TPSA) is 38.3 Å². The number of carbonyl (C=O) groups is 1. The molecule has 1 aliphatic rings. The van der Waals surface area contributed by atoms with E-state index in [2.05, 4.69) is 19.2 Å². The molecule has 0 radical (unpaired) electrons. The Balaban J connectivity index is 2.19. The Hall–Kier alpha value is -1.35.